The normalized spacial score (nSPS) is 24.3. The van der Waals surface area contributed by atoms with E-state index in [2.05, 4.69) is 28.5 Å². The van der Waals surface area contributed by atoms with Crippen molar-refractivity contribution in [2.24, 2.45) is 5.92 Å². The van der Waals surface area contributed by atoms with E-state index in [0.717, 1.165) is 17.6 Å². The lowest BCUT2D eigenvalue weighted by Crippen LogP contribution is -2.60. The van der Waals surface area contributed by atoms with Gasteiger partial charge >= 0.3 is 0 Å². The van der Waals surface area contributed by atoms with Gasteiger partial charge in [-0.25, -0.2) is 0 Å². The number of amides is 1. The van der Waals surface area contributed by atoms with Crippen molar-refractivity contribution in [3.63, 3.8) is 0 Å². The van der Waals surface area contributed by atoms with Gasteiger partial charge in [-0.15, -0.1) is 0 Å². The molecule has 8 heteroatoms. The minimum absolute atomic E-state index is 0.00194. The van der Waals surface area contributed by atoms with Crippen LogP contribution in [0, 0.1) is 5.92 Å². The predicted molar refractivity (Wildman–Crippen MR) is 120 cm³/mol. The summed E-state index contributed by atoms with van der Waals surface area (Å²) in [5.41, 5.74) is 3.53. The van der Waals surface area contributed by atoms with Crippen molar-refractivity contribution in [2.45, 2.75) is 38.0 Å². The molecule has 2 aliphatic heterocycles. The first-order chi connectivity index (χ1) is 14.4. The summed E-state index contributed by atoms with van der Waals surface area (Å²) < 4.78 is 5.09. The summed E-state index contributed by atoms with van der Waals surface area (Å²) in [7, 11) is 3.55. The summed E-state index contributed by atoms with van der Waals surface area (Å²) in [5.74, 6) is -0.513. The van der Waals surface area contributed by atoms with E-state index in [-0.39, 0.29) is 18.0 Å². The molecule has 30 heavy (non-hydrogen) atoms. The van der Waals surface area contributed by atoms with Crippen LogP contribution in [0.1, 0.15) is 30.6 Å². The van der Waals surface area contributed by atoms with E-state index in [9.17, 15) is 9.90 Å². The molecule has 0 aliphatic carbocycles. The molecule has 2 aromatic rings. The second kappa shape index (κ2) is 8.53. The van der Waals surface area contributed by atoms with Crippen LogP contribution in [0.5, 0.6) is 0 Å². The number of aliphatic hydroxyl groups excluding tert-OH is 1. The van der Waals surface area contributed by atoms with Gasteiger partial charge < -0.3 is 29.9 Å². The number of ether oxygens (including phenoxy) is 1. The maximum Gasteiger partial charge on any atom is 0.230 e. The van der Waals surface area contributed by atoms with Gasteiger partial charge in [-0.2, -0.15) is 0 Å². The third-order valence-corrected chi connectivity index (χ3v) is 6.96. The van der Waals surface area contributed by atoms with Crippen LogP contribution < -0.4 is 5.32 Å². The first-order valence-electron chi connectivity index (χ1n) is 10.5. The highest BCUT2D eigenvalue weighted by atomic mass is 32.1. The number of aromatic nitrogens is 1. The zero-order chi connectivity index (χ0) is 21.4. The summed E-state index contributed by atoms with van der Waals surface area (Å²) in [5, 5.41) is 15.5. The number of methoxy groups -OCH3 is 1. The SMILES string of the molecule is COCCNC(=S)N(C)[C@H]1C[C@H]2c3[nH]c4ccccc4c3CCN2C(=O)[C@H]1[C@H](C)O. The van der Waals surface area contributed by atoms with Crippen LogP contribution in [0.25, 0.3) is 10.9 Å². The molecule has 162 valence electrons. The van der Waals surface area contributed by atoms with Gasteiger partial charge in [-0.05, 0) is 43.6 Å². The maximum absolute atomic E-state index is 13.5. The first-order valence-corrected chi connectivity index (χ1v) is 10.9. The highest BCUT2D eigenvalue weighted by molar-refractivity contribution is 7.80. The Bertz CT molecular complexity index is 944. The average molecular weight is 431 g/mol. The summed E-state index contributed by atoms with van der Waals surface area (Å²) in [6.45, 7) is 3.52. The standard InChI is InChI=1S/C22H30N4O3S/c1-13(27)19-17(25(2)22(30)23-9-11-29-3)12-18-20-15(8-10-26(18)21(19)28)14-6-4-5-7-16(14)24-20/h4-7,13,17-19,24,27H,8-12H2,1-3H3,(H,23,30)/t13-,17-,18-,19-/m0/s1. The number of carbonyl (C=O) groups excluding carboxylic acids is 1. The Morgan fingerprint density at radius 3 is 2.97 bits per heavy atom. The van der Waals surface area contributed by atoms with E-state index in [1.165, 1.54) is 10.9 Å². The van der Waals surface area contributed by atoms with Gasteiger partial charge in [0.25, 0.3) is 0 Å². The number of thiocarbonyl (C=S) groups is 1. The molecular formula is C22H30N4O3S. The van der Waals surface area contributed by atoms with Crippen LogP contribution in [-0.2, 0) is 16.0 Å². The first kappa shape index (κ1) is 21.1. The molecular weight excluding hydrogens is 400 g/mol. The number of hydrogen-bond donors (Lipinski definition) is 3. The monoisotopic (exact) mass is 430 g/mol. The van der Waals surface area contributed by atoms with E-state index < -0.39 is 12.0 Å². The van der Waals surface area contributed by atoms with Gasteiger partial charge in [0.2, 0.25) is 5.91 Å². The number of piperidine rings is 1. The van der Waals surface area contributed by atoms with Gasteiger partial charge in [0, 0.05) is 49.9 Å². The van der Waals surface area contributed by atoms with Crippen LogP contribution in [0.3, 0.4) is 0 Å². The second-order valence-electron chi connectivity index (χ2n) is 8.27. The fraction of sp³-hybridized carbons (Fsp3) is 0.545. The van der Waals surface area contributed by atoms with E-state index >= 15 is 0 Å². The number of hydrogen-bond acceptors (Lipinski definition) is 4. The Morgan fingerprint density at radius 1 is 1.47 bits per heavy atom. The Labute approximate surface area is 182 Å². The molecule has 7 nitrogen and oxygen atoms in total. The molecule has 0 radical (unpaired) electrons. The number of aliphatic hydroxyl groups is 1. The minimum Gasteiger partial charge on any atom is -0.393 e. The smallest absolute Gasteiger partial charge is 0.230 e. The molecule has 0 saturated carbocycles. The van der Waals surface area contributed by atoms with Crippen molar-refractivity contribution >= 4 is 34.1 Å². The summed E-state index contributed by atoms with van der Waals surface area (Å²) in [4.78, 5) is 20.9. The number of H-pyrrole nitrogens is 1. The van der Waals surface area contributed by atoms with Crippen molar-refractivity contribution in [2.75, 3.05) is 33.9 Å². The van der Waals surface area contributed by atoms with Crippen LogP contribution in [-0.4, -0.2) is 76.9 Å². The molecule has 0 bridgehead atoms. The van der Waals surface area contributed by atoms with E-state index in [1.807, 2.05) is 22.9 Å². The predicted octanol–water partition coefficient (Wildman–Crippen LogP) is 1.82. The number of nitrogens with zero attached hydrogens (tertiary/aromatic N) is 2. The number of rotatable bonds is 5. The maximum atomic E-state index is 13.5. The quantitative estimate of drug-likeness (QED) is 0.496. The number of aromatic amines is 1. The molecule has 0 unspecified atom stereocenters. The molecule has 1 fully saturated rings. The zero-order valence-electron chi connectivity index (χ0n) is 17.7. The lowest BCUT2D eigenvalue weighted by atomic mass is 9.79. The molecule has 1 saturated heterocycles. The highest BCUT2D eigenvalue weighted by Crippen LogP contribution is 2.43. The van der Waals surface area contributed by atoms with Gasteiger partial charge in [-0.3, -0.25) is 4.79 Å². The van der Waals surface area contributed by atoms with Crippen molar-refractivity contribution in [1.29, 1.82) is 0 Å². The molecule has 1 amide bonds. The van der Waals surface area contributed by atoms with Crippen molar-refractivity contribution < 1.29 is 14.6 Å². The molecule has 3 N–H and O–H groups in total. The number of nitrogens with one attached hydrogen (secondary N) is 2. The molecule has 3 heterocycles. The van der Waals surface area contributed by atoms with Crippen molar-refractivity contribution in [1.82, 2.24) is 20.1 Å². The van der Waals surface area contributed by atoms with Crippen LogP contribution in [0.4, 0.5) is 0 Å². The number of carbonyl (C=O) groups is 1. The molecule has 4 rings (SSSR count). The van der Waals surface area contributed by atoms with Crippen LogP contribution in [0.2, 0.25) is 0 Å². The van der Waals surface area contributed by atoms with Gasteiger partial charge in [-0.1, -0.05) is 18.2 Å². The van der Waals surface area contributed by atoms with E-state index in [4.69, 9.17) is 17.0 Å². The topological polar surface area (TPSA) is 80.8 Å². The van der Waals surface area contributed by atoms with Gasteiger partial charge in [0.15, 0.2) is 5.11 Å². The number of fused-ring (bicyclic) bond motifs is 5. The fourth-order valence-corrected chi connectivity index (χ4v) is 5.26. The summed E-state index contributed by atoms with van der Waals surface area (Å²) in [6.07, 6.45) is 0.784. The Hall–Kier alpha value is -2.16. The Kier molecular flexibility index (Phi) is 5.99. The second-order valence-corrected chi connectivity index (χ2v) is 8.65. The summed E-state index contributed by atoms with van der Waals surface area (Å²) in [6, 6.07) is 8.07. The number of benzene rings is 1. The lowest BCUT2D eigenvalue weighted by Gasteiger charge is -2.49. The fourth-order valence-electron chi connectivity index (χ4n) is 5.02. The largest absolute Gasteiger partial charge is 0.393 e. The van der Waals surface area contributed by atoms with Crippen molar-refractivity contribution in [3.05, 3.63) is 35.5 Å². The third-order valence-electron chi connectivity index (χ3n) is 6.53. The highest BCUT2D eigenvalue weighted by Gasteiger charge is 2.48. The van der Waals surface area contributed by atoms with E-state index in [1.54, 1.807) is 14.0 Å². The van der Waals surface area contributed by atoms with Crippen LogP contribution in [0.15, 0.2) is 24.3 Å². The zero-order valence-corrected chi connectivity index (χ0v) is 18.5. The minimum atomic E-state index is -0.753. The third kappa shape index (κ3) is 3.57. The van der Waals surface area contributed by atoms with Crippen molar-refractivity contribution in [3.8, 4) is 0 Å². The number of para-hydroxylation sites is 1. The summed E-state index contributed by atoms with van der Waals surface area (Å²) >= 11 is 5.57. The Balaban J connectivity index is 1.66. The molecule has 2 aliphatic rings. The molecule has 4 atom stereocenters. The Morgan fingerprint density at radius 2 is 2.23 bits per heavy atom. The molecule has 1 aromatic heterocycles. The van der Waals surface area contributed by atoms with E-state index in [0.29, 0.717) is 31.2 Å². The molecule has 1 aromatic carbocycles. The lowest BCUT2D eigenvalue weighted by molar-refractivity contribution is -0.151. The molecule has 0 spiro atoms. The van der Waals surface area contributed by atoms with Gasteiger partial charge in [0.1, 0.15) is 0 Å². The average Bonchev–Trinajstić information content (AvgIpc) is 3.12. The van der Waals surface area contributed by atoms with Crippen LogP contribution >= 0.6 is 12.2 Å². The van der Waals surface area contributed by atoms with Gasteiger partial charge in [0.05, 0.1) is 24.7 Å².